The molecule has 1 aromatic carbocycles. The Bertz CT molecular complexity index is 516. The van der Waals surface area contributed by atoms with Crippen molar-refractivity contribution in [2.45, 2.75) is 65.7 Å². The van der Waals surface area contributed by atoms with Crippen molar-refractivity contribution in [1.29, 1.82) is 0 Å². The lowest BCUT2D eigenvalue weighted by Gasteiger charge is -2.21. The Balaban J connectivity index is 3.55. The van der Waals surface area contributed by atoms with Gasteiger partial charge < -0.3 is 4.74 Å². The molecule has 2 heteroatoms. The first kappa shape index (κ1) is 16.7. The van der Waals surface area contributed by atoms with Crippen molar-refractivity contribution in [2.24, 2.45) is 0 Å². The number of hydrogen-bond acceptors (Lipinski definition) is 2. The van der Waals surface area contributed by atoms with Crippen LogP contribution in [0.4, 0.5) is 0 Å². The van der Waals surface area contributed by atoms with Crippen LogP contribution in [0.3, 0.4) is 0 Å². The SMILES string of the molecule is CCCOc1ccc(C(C)(C)C)cc(C(C)(C)C)c1=O. The third-order valence-corrected chi connectivity index (χ3v) is 3.32. The zero-order chi connectivity index (χ0) is 15.6. The number of ether oxygens (including phenoxy) is 1. The Morgan fingerprint density at radius 3 is 2.05 bits per heavy atom. The van der Waals surface area contributed by atoms with Crippen molar-refractivity contribution in [3.63, 3.8) is 0 Å². The molecule has 0 saturated heterocycles. The van der Waals surface area contributed by atoms with E-state index in [0.717, 1.165) is 17.5 Å². The predicted octanol–water partition coefficient (Wildman–Crippen LogP) is 4.43. The van der Waals surface area contributed by atoms with Crippen LogP contribution in [0.1, 0.15) is 66.0 Å². The molecule has 0 aromatic heterocycles. The Hall–Kier alpha value is -1.31. The fourth-order valence-electron chi connectivity index (χ4n) is 1.99. The predicted molar refractivity (Wildman–Crippen MR) is 85.9 cm³/mol. The number of rotatable bonds is 3. The lowest BCUT2D eigenvalue weighted by Crippen LogP contribution is -2.23. The smallest absolute Gasteiger partial charge is 0.224 e. The van der Waals surface area contributed by atoms with E-state index in [1.54, 1.807) is 0 Å². The molecule has 0 fully saturated rings. The van der Waals surface area contributed by atoms with E-state index in [2.05, 4.69) is 41.5 Å². The molecule has 2 nitrogen and oxygen atoms in total. The van der Waals surface area contributed by atoms with E-state index in [9.17, 15) is 4.79 Å². The second kappa shape index (κ2) is 5.99. The summed E-state index contributed by atoms with van der Waals surface area (Å²) < 4.78 is 5.64. The average molecular weight is 276 g/mol. The van der Waals surface area contributed by atoms with Gasteiger partial charge in [0, 0.05) is 5.56 Å². The van der Waals surface area contributed by atoms with Gasteiger partial charge in [0.25, 0.3) is 0 Å². The van der Waals surface area contributed by atoms with Gasteiger partial charge in [-0.2, -0.15) is 0 Å². The summed E-state index contributed by atoms with van der Waals surface area (Å²) in [5.74, 6) is 0.465. The van der Waals surface area contributed by atoms with Gasteiger partial charge in [-0.25, -0.2) is 0 Å². The summed E-state index contributed by atoms with van der Waals surface area (Å²) in [5.41, 5.74) is 1.80. The molecule has 0 N–H and O–H groups in total. The van der Waals surface area contributed by atoms with E-state index in [-0.39, 0.29) is 16.3 Å². The first-order valence-corrected chi connectivity index (χ1v) is 7.39. The lowest BCUT2D eigenvalue weighted by molar-refractivity contribution is 0.314. The fourth-order valence-corrected chi connectivity index (χ4v) is 1.99. The highest BCUT2D eigenvalue weighted by Gasteiger charge is 2.22. The first-order chi connectivity index (χ1) is 9.07. The van der Waals surface area contributed by atoms with Crippen LogP contribution < -0.4 is 10.2 Å². The van der Waals surface area contributed by atoms with E-state index in [1.165, 1.54) is 0 Å². The minimum Gasteiger partial charge on any atom is -0.489 e. The molecule has 112 valence electrons. The molecule has 0 amide bonds. The monoisotopic (exact) mass is 276 g/mol. The molecule has 0 aliphatic heterocycles. The standard InChI is InChI=1S/C18H28O2/c1-8-11-20-15-10-9-13(17(2,3)4)12-14(16(15)19)18(5,6)7/h9-10,12H,8,11H2,1-7H3. The third kappa shape index (κ3) is 4.09. The molecule has 0 saturated carbocycles. The van der Waals surface area contributed by atoms with Crippen molar-refractivity contribution in [3.05, 3.63) is 39.5 Å². The summed E-state index contributed by atoms with van der Waals surface area (Å²) in [5, 5.41) is 0. The van der Waals surface area contributed by atoms with Crippen LogP contribution in [0.25, 0.3) is 0 Å². The van der Waals surface area contributed by atoms with Crippen LogP contribution in [0.15, 0.2) is 23.0 Å². The van der Waals surface area contributed by atoms with Crippen LogP contribution in [0.2, 0.25) is 0 Å². The minimum atomic E-state index is -0.194. The second-order valence-corrected chi connectivity index (χ2v) is 7.39. The van der Waals surface area contributed by atoms with Gasteiger partial charge in [-0.1, -0.05) is 60.6 Å². The largest absolute Gasteiger partial charge is 0.489 e. The summed E-state index contributed by atoms with van der Waals surface area (Å²) in [4.78, 5) is 12.7. The highest BCUT2D eigenvalue weighted by Crippen LogP contribution is 2.27. The molecule has 1 rings (SSSR count). The maximum absolute atomic E-state index is 12.7. The molecule has 0 radical (unpaired) electrons. The number of hydrogen-bond donors (Lipinski definition) is 0. The summed E-state index contributed by atoms with van der Waals surface area (Å²) in [6.45, 7) is 15.3. The molecule has 0 atom stereocenters. The molecular weight excluding hydrogens is 248 g/mol. The topological polar surface area (TPSA) is 26.3 Å². The summed E-state index contributed by atoms with van der Waals surface area (Å²) >= 11 is 0. The quantitative estimate of drug-likeness (QED) is 0.816. The van der Waals surface area contributed by atoms with Crippen LogP contribution >= 0.6 is 0 Å². The average Bonchev–Trinajstić information content (AvgIpc) is 2.45. The van der Waals surface area contributed by atoms with Gasteiger partial charge in [-0.3, -0.25) is 4.79 Å². The van der Waals surface area contributed by atoms with E-state index >= 15 is 0 Å². The Morgan fingerprint density at radius 1 is 1.00 bits per heavy atom. The van der Waals surface area contributed by atoms with Crippen molar-refractivity contribution in [3.8, 4) is 5.75 Å². The Morgan fingerprint density at radius 2 is 1.60 bits per heavy atom. The molecule has 0 aliphatic carbocycles. The Labute approximate surface area is 123 Å². The maximum atomic E-state index is 12.7. The van der Waals surface area contributed by atoms with E-state index in [4.69, 9.17) is 4.74 Å². The summed E-state index contributed by atoms with van der Waals surface area (Å²) in [6.07, 6.45) is 0.898. The third-order valence-electron chi connectivity index (χ3n) is 3.32. The van der Waals surface area contributed by atoms with Gasteiger partial charge in [0.05, 0.1) is 6.61 Å². The van der Waals surface area contributed by atoms with Gasteiger partial charge in [0.2, 0.25) is 5.43 Å². The lowest BCUT2D eigenvalue weighted by atomic mass is 9.83. The zero-order valence-corrected chi connectivity index (χ0v) is 14.0. The summed E-state index contributed by atoms with van der Waals surface area (Å²) in [6, 6.07) is 5.89. The van der Waals surface area contributed by atoms with Crippen LogP contribution in [0, 0.1) is 0 Å². The van der Waals surface area contributed by atoms with Crippen LogP contribution in [-0.2, 0) is 10.8 Å². The molecule has 0 aliphatic rings. The fraction of sp³-hybridized carbons (Fsp3) is 0.611. The molecule has 0 bridgehead atoms. The molecule has 20 heavy (non-hydrogen) atoms. The molecule has 1 aromatic rings. The van der Waals surface area contributed by atoms with Crippen molar-refractivity contribution in [2.75, 3.05) is 6.61 Å². The molecule has 0 heterocycles. The normalized spacial score (nSPS) is 12.3. The van der Waals surface area contributed by atoms with Gasteiger partial charge >= 0.3 is 0 Å². The van der Waals surface area contributed by atoms with Crippen molar-refractivity contribution >= 4 is 0 Å². The minimum absolute atomic E-state index is 0.00743. The highest BCUT2D eigenvalue weighted by atomic mass is 16.5. The highest BCUT2D eigenvalue weighted by molar-refractivity contribution is 5.37. The molecular formula is C18H28O2. The van der Waals surface area contributed by atoms with Crippen molar-refractivity contribution < 1.29 is 4.74 Å². The maximum Gasteiger partial charge on any atom is 0.224 e. The molecule has 0 spiro atoms. The van der Waals surface area contributed by atoms with Crippen LogP contribution in [0.5, 0.6) is 5.75 Å². The van der Waals surface area contributed by atoms with Gasteiger partial charge in [0.1, 0.15) is 0 Å². The molecule has 0 unspecified atom stereocenters. The van der Waals surface area contributed by atoms with Gasteiger partial charge in [-0.05, 0) is 28.9 Å². The van der Waals surface area contributed by atoms with Crippen molar-refractivity contribution in [1.82, 2.24) is 0 Å². The van der Waals surface area contributed by atoms with E-state index in [0.29, 0.717) is 12.4 Å². The van der Waals surface area contributed by atoms with E-state index in [1.807, 2.05) is 25.1 Å². The zero-order valence-electron chi connectivity index (χ0n) is 14.0. The van der Waals surface area contributed by atoms with E-state index < -0.39 is 0 Å². The van der Waals surface area contributed by atoms with Crippen LogP contribution in [-0.4, -0.2) is 6.61 Å². The van der Waals surface area contributed by atoms with Gasteiger partial charge in [-0.15, -0.1) is 0 Å². The second-order valence-electron chi connectivity index (χ2n) is 7.39. The van der Waals surface area contributed by atoms with Gasteiger partial charge in [0.15, 0.2) is 5.75 Å². The summed E-state index contributed by atoms with van der Waals surface area (Å²) in [7, 11) is 0. The first-order valence-electron chi connectivity index (χ1n) is 7.39. The Kier molecular flexibility index (Phi) is 5.01.